The van der Waals surface area contributed by atoms with Crippen molar-refractivity contribution in [1.29, 1.82) is 0 Å². The van der Waals surface area contributed by atoms with Crippen LogP contribution in [-0.2, 0) is 4.74 Å². The van der Waals surface area contributed by atoms with Crippen molar-refractivity contribution in [2.45, 2.75) is 13.0 Å². The lowest BCUT2D eigenvalue weighted by molar-refractivity contribution is 0.0195. The first kappa shape index (κ1) is 10.7. The van der Waals surface area contributed by atoms with E-state index >= 15 is 0 Å². The molecule has 1 unspecified atom stereocenters. The minimum absolute atomic E-state index is 0.593. The lowest BCUT2D eigenvalue weighted by atomic mass is 10.3. The van der Waals surface area contributed by atoms with Gasteiger partial charge in [0.2, 0.25) is 0 Å². The molecule has 0 N–H and O–H groups in total. The molecule has 0 bridgehead atoms. The molecule has 0 saturated carbocycles. The first-order chi connectivity index (χ1) is 6.77. The summed E-state index contributed by atoms with van der Waals surface area (Å²) in [5.41, 5.74) is 0. The van der Waals surface area contributed by atoms with E-state index < -0.39 is 0 Å². The van der Waals surface area contributed by atoms with Crippen LogP contribution >= 0.6 is 24.0 Å². The Labute approximate surface area is 94.8 Å². The van der Waals surface area contributed by atoms with Gasteiger partial charge in [0.05, 0.1) is 19.9 Å². The summed E-state index contributed by atoms with van der Waals surface area (Å²) in [6.07, 6.45) is 0. The molecule has 0 aliphatic carbocycles. The highest BCUT2D eigenvalue weighted by atomic mass is 32.2. The van der Waals surface area contributed by atoms with E-state index in [1.165, 1.54) is 0 Å². The van der Waals surface area contributed by atoms with Crippen LogP contribution in [0.1, 0.15) is 6.92 Å². The summed E-state index contributed by atoms with van der Waals surface area (Å²) >= 11 is 7.12. The van der Waals surface area contributed by atoms with Gasteiger partial charge in [0.25, 0.3) is 0 Å². The summed E-state index contributed by atoms with van der Waals surface area (Å²) in [5.74, 6) is 1.14. The van der Waals surface area contributed by atoms with Crippen LogP contribution in [0.3, 0.4) is 0 Å². The van der Waals surface area contributed by atoms with Crippen molar-refractivity contribution >= 4 is 28.3 Å². The quantitative estimate of drug-likeness (QED) is 0.658. The van der Waals surface area contributed by atoms with Crippen molar-refractivity contribution in [3.8, 4) is 0 Å². The van der Waals surface area contributed by atoms with E-state index in [0.717, 1.165) is 43.0 Å². The number of hydrogen-bond acceptors (Lipinski definition) is 4. The third-order valence-corrected chi connectivity index (χ3v) is 4.39. The van der Waals surface area contributed by atoms with E-state index in [2.05, 4.69) is 16.7 Å². The van der Waals surface area contributed by atoms with Crippen molar-refractivity contribution < 1.29 is 4.74 Å². The number of nitrogens with zero attached hydrogens (tertiary/aromatic N) is 2. The molecule has 0 aromatic carbocycles. The zero-order chi connectivity index (χ0) is 9.97. The Kier molecular flexibility index (Phi) is 3.65. The standard InChI is InChI=1S/C9H16N2OS2/c1-8-6-14-9(13)11(8)7-10-2-4-12-5-3-10/h8H,2-7H2,1H3. The minimum atomic E-state index is 0.593. The van der Waals surface area contributed by atoms with Gasteiger partial charge in [-0.15, -0.1) is 0 Å². The lowest BCUT2D eigenvalue weighted by Gasteiger charge is -2.33. The Morgan fingerprint density at radius 1 is 1.50 bits per heavy atom. The number of hydrogen-bond donors (Lipinski definition) is 0. The molecular formula is C9H16N2OS2. The number of ether oxygens (including phenoxy) is 1. The van der Waals surface area contributed by atoms with Gasteiger partial charge in [-0.05, 0) is 6.92 Å². The highest BCUT2D eigenvalue weighted by molar-refractivity contribution is 8.23. The maximum absolute atomic E-state index is 5.32. The van der Waals surface area contributed by atoms with Gasteiger partial charge in [0.1, 0.15) is 4.32 Å². The van der Waals surface area contributed by atoms with E-state index in [4.69, 9.17) is 17.0 Å². The molecule has 5 heteroatoms. The molecule has 3 nitrogen and oxygen atoms in total. The second-order valence-electron chi connectivity index (χ2n) is 3.77. The van der Waals surface area contributed by atoms with Gasteiger partial charge in [0.15, 0.2) is 0 Å². The molecule has 2 heterocycles. The van der Waals surface area contributed by atoms with Gasteiger partial charge in [-0.2, -0.15) is 0 Å². The molecule has 0 spiro atoms. The van der Waals surface area contributed by atoms with E-state index in [-0.39, 0.29) is 0 Å². The number of rotatable bonds is 2. The predicted octanol–water partition coefficient (Wildman–Crippen LogP) is 0.998. The van der Waals surface area contributed by atoms with Gasteiger partial charge < -0.3 is 9.64 Å². The van der Waals surface area contributed by atoms with Crippen LogP contribution in [0.5, 0.6) is 0 Å². The topological polar surface area (TPSA) is 15.7 Å². The Morgan fingerprint density at radius 2 is 2.21 bits per heavy atom. The smallest absolute Gasteiger partial charge is 0.137 e. The third-order valence-electron chi connectivity index (χ3n) is 2.67. The van der Waals surface area contributed by atoms with Crippen molar-refractivity contribution in [2.75, 3.05) is 38.7 Å². The minimum Gasteiger partial charge on any atom is -0.379 e. The molecule has 2 rings (SSSR count). The van der Waals surface area contributed by atoms with E-state index in [1.807, 2.05) is 0 Å². The summed E-state index contributed by atoms with van der Waals surface area (Å²) in [7, 11) is 0. The highest BCUT2D eigenvalue weighted by Crippen LogP contribution is 2.24. The Hall–Kier alpha value is 0.160. The van der Waals surface area contributed by atoms with E-state index in [1.54, 1.807) is 11.8 Å². The summed E-state index contributed by atoms with van der Waals surface area (Å²) in [5, 5.41) is 0. The van der Waals surface area contributed by atoms with Crippen LogP contribution in [-0.4, -0.2) is 58.9 Å². The average molecular weight is 232 g/mol. The first-order valence-electron chi connectivity index (χ1n) is 5.01. The second kappa shape index (κ2) is 4.79. The Bertz CT molecular complexity index is 219. The van der Waals surface area contributed by atoms with Gasteiger partial charge in [-0.3, -0.25) is 4.90 Å². The fourth-order valence-corrected chi connectivity index (χ4v) is 3.11. The molecule has 14 heavy (non-hydrogen) atoms. The molecule has 2 aliphatic heterocycles. The molecule has 1 atom stereocenters. The monoisotopic (exact) mass is 232 g/mol. The third kappa shape index (κ3) is 2.39. The Balaban J connectivity index is 1.85. The van der Waals surface area contributed by atoms with Crippen LogP contribution < -0.4 is 0 Å². The maximum Gasteiger partial charge on any atom is 0.137 e. The zero-order valence-corrected chi connectivity index (χ0v) is 10.1. The van der Waals surface area contributed by atoms with Crippen LogP contribution in [0.4, 0.5) is 0 Å². The molecule has 2 saturated heterocycles. The van der Waals surface area contributed by atoms with Crippen molar-refractivity contribution in [2.24, 2.45) is 0 Å². The van der Waals surface area contributed by atoms with E-state index in [9.17, 15) is 0 Å². The highest BCUT2D eigenvalue weighted by Gasteiger charge is 2.27. The molecule has 80 valence electrons. The summed E-state index contributed by atoms with van der Waals surface area (Å²) < 4.78 is 6.38. The normalized spacial score (nSPS) is 29.9. The van der Waals surface area contributed by atoms with Gasteiger partial charge in [-0.1, -0.05) is 24.0 Å². The van der Waals surface area contributed by atoms with Crippen molar-refractivity contribution in [3.63, 3.8) is 0 Å². The largest absolute Gasteiger partial charge is 0.379 e. The number of morpholine rings is 1. The van der Waals surface area contributed by atoms with Crippen molar-refractivity contribution in [1.82, 2.24) is 9.80 Å². The average Bonchev–Trinajstić information content (AvgIpc) is 2.51. The summed E-state index contributed by atoms with van der Waals surface area (Å²) in [4.78, 5) is 4.74. The summed E-state index contributed by atoms with van der Waals surface area (Å²) in [6.45, 7) is 7.03. The van der Waals surface area contributed by atoms with Gasteiger partial charge in [-0.25, -0.2) is 0 Å². The number of thiocarbonyl (C=S) groups is 1. The molecule has 2 fully saturated rings. The van der Waals surface area contributed by atoms with Gasteiger partial charge in [0, 0.05) is 24.9 Å². The molecule has 0 radical (unpaired) electrons. The molecule has 2 aliphatic rings. The molecular weight excluding hydrogens is 216 g/mol. The van der Waals surface area contributed by atoms with Crippen LogP contribution in [0, 0.1) is 0 Å². The van der Waals surface area contributed by atoms with E-state index in [0.29, 0.717) is 6.04 Å². The molecule has 0 aromatic heterocycles. The molecule has 0 amide bonds. The molecule has 0 aromatic rings. The first-order valence-corrected chi connectivity index (χ1v) is 6.40. The fraction of sp³-hybridized carbons (Fsp3) is 0.889. The van der Waals surface area contributed by atoms with Crippen LogP contribution in [0.2, 0.25) is 0 Å². The zero-order valence-electron chi connectivity index (χ0n) is 8.44. The SMILES string of the molecule is CC1CSC(=S)N1CN1CCOCC1. The maximum atomic E-state index is 5.32. The van der Waals surface area contributed by atoms with Crippen LogP contribution in [0.15, 0.2) is 0 Å². The second-order valence-corrected chi connectivity index (χ2v) is 5.42. The predicted molar refractivity (Wildman–Crippen MR) is 63.6 cm³/mol. The van der Waals surface area contributed by atoms with Gasteiger partial charge >= 0.3 is 0 Å². The Morgan fingerprint density at radius 3 is 2.79 bits per heavy atom. The van der Waals surface area contributed by atoms with Crippen LogP contribution in [0.25, 0.3) is 0 Å². The van der Waals surface area contributed by atoms with Crippen molar-refractivity contribution in [3.05, 3.63) is 0 Å². The fourth-order valence-electron chi connectivity index (χ4n) is 1.70. The lowest BCUT2D eigenvalue weighted by Crippen LogP contribution is -2.46. The number of thioether (sulfide) groups is 1. The summed E-state index contributed by atoms with van der Waals surface area (Å²) in [6, 6.07) is 0.593.